The van der Waals surface area contributed by atoms with Gasteiger partial charge in [0.05, 0.1) is 12.9 Å². The molecular weight excluding hydrogens is 176 g/mol. The lowest BCUT2D eigenvalue weighted by Crippen LogP contribution is -2.27. The Morgan fingerprint density at radius 3 is 2.64 bits per heavy atom. The van der Waals surface area contributed by atoms with Gasteiger partial charge in [0.1, 0.15) is 0 Å². The SMILES string of the molecule is CC1(C(=O)C2=COCCC2)CCCC1. The Morgan fingerprint density at radius 2 is 2.07 bits per heavy atom. The van der Waals surface area contributed by atoms with Crippen molar-refractivity contribution < 1.29 is 9.53 Å². The van der Waals surface area contributed by atoms with Gasteiger partial charge in [0.25, 0.3) is 0 Å². The van der Waals surface area contributed by atoms with Crippen molar-refractivity contribution in [1.82, 2.24) is 0 Å². The fourth-order valence-corrected chi connectivity index (χ4v) is 2.50. The summed E-state index contributed by atoms with van der Waals surface area (Å²) in [5, 5.41) is 0. The second-order valence-electron chi connectivity index (χ2n) is 4.71. The largest absolute Gasteiger partial charge is 0.501 e. The molecular formula is C12H18O2. The highest BCUT2D eigenvalue weighted by molar-refractivity contribution is 5.99. The molecule has 0 aromatic rings. The zero-order valence-corrected chi connectivity index (χ0v) is 8.84. The normalized spacial score (nSPS) is 25.4. The summed E-state index contributed by atoms with van der Waals surface area (Å²) in [4.78, 5) is 12.2. The molecule has 2 heteroatoms. The highest BCUT2D eigenvalue weighted by Gasteiger charge is 2.37. The van der Waals surface area contributed by atoms with Crippen molar-refractivity contribution in [3.05, 3.63) is 11.8 Å². The first kappa shape index (κ1) is 9.75. The summed E-state index contributed by atoms with van der Waals surface area (Å²) in [6.07, 6.45) is 8.12. The smallest absolute Gasteiger partial charge is 0.167 e. The van der Waals surface area contributed by atoms with Gasteiger partial charge >= 0.3 is 0 Å². The summed E-state index contributed by atoms with van der Waals surface area (Å²) < 4.78 is 5.22. The number of carbonyl (C=O) groups is 1. The van der Waals surface area contributed by atoms with Crippen molar-refractivity contribution >= 4 is 5.78 Å². The van der Waals surface area contributed by atoms with Crippen LogP contribution in [-0.2, 0) is 9.53 Å². The van der Waals surface area contributed by atoms with Gasteiger partial charge in [0.15, 0.2) is 5.78 Å². The van der Waals surface area contributed by atoms with Crippen molar-refractivity contribution in [2.75, 3.05) is 6.61 Å². The number of rotatable bonds is 2. The van der Waals surface area contributed by atoms with Crippen LogP contribution in [0.1, 0.15) is 45.4 Å². The molecule has 2 aliphatic rings. The second kappa shape index (κ2) is 3.76. The van der Waals surface area contributed by atoms with Crippen LogP contribution in [0.2, 0.25) is 0 Å². The van der Waals surface area contributed by atoms with Gasteiger partial charge < -0.3 is 4.74 Å². The molecule has 1 aliphatic heterocycles. The number of Topliss-reactive ketones (excluding diaryl/α,β-unsaturated/α-hetero) is 1. The summed E-state index contributed by atoms with van der Waals surface area (Å²) in [6.45, 7) is 2.88. The molecule has 0 saturated heterocycles. The molecule has 0 atom stereocenters. The summed E-state index contributed by atoms with van der Waals surface area (Å²) in [6, 6.07) is 0. The molecule has 0 bridgehead atoms. The first-order chi connectivity index (χ1) is 6.72. The third-order valence-corrected chi connectivity index (χ3v) is 3.48. The third kappa shape index (κ3) is 1.70. The number of allylic oxidation sites excluding steroid dienone is 1. The van der Waals surface area contributed by atoms with E-state index < -0.39 is 0 Å². The van der Waals surface area contributed by atoms with Gasteiger partial charge in [-0.25, -0.2) is 0 Å². The topological polar surface area (TPSA) is 26.3 Å². The van der Waals surface area contributed by atoms with Crippen molar-refractivity contribution in [3.8, 4) is 0 Å². The molecule has 2 rings (SSSR count). The maximum Gasteiger partial charge on any atom is 0.167 e. The standard InChI is InChI=1S/C12H18O2/c1-12(6-2-3-7-12)11(13)10-5-4-8-14-9-10/h9H,2-8H2,1H3. The van der Waals surface area contributed by atoms with Crippen molar-refractivity contribution in [2.45, 2.75) is 45.4 Å². The van der Waals surface area contributed by atoms with E-state index in [4.69, 9.17) is 4.74 Å². The molecule has 0 unspecified atom stereocenters. The summed E-state index contributed by atoms with van der Waals surface area (Å²) in [5.74, 6) is 0.342. The van der Waals surface area contributed by atoms with E-state index in [1.165, 1.54) is 12.8 Å². The molecule has 1 saturated carbocycles. The second-order valence-corrected chi connectivity index (χ2v) is 4.71. The van der Waals surface area contributed by atoms with Gasteiger partial charge in [-0.2, -0.15) is 0 Å². The van der Waals surface area contributed by atoms with E-state index in [9.17, 15) is 4.79 Å². The summed E-state index contributed by atoms with van der Waals surface area (Å²) in [7, 11) is 0. The lowest BCUT2D eigenvalue weighted by Gasteiger charge is -2.24. The Kier molecular flexibility index (Phi) is 2.62. The van der Waals surface area contributed by atoms with Gasteiger partial charge in [0.2, 0.25) is 0 Å². The lowest BCUT2D eigenvalue weighted by atomic mass is 9.79. The van der Waals surface area contributed by atoms with Crippen LogP contribution in [-0.4, -0.2) is 12.4 Å². The zero-order chi connectivity index (χ0) is 10.0. The quantitative estimate of drug-likeness (QED) is 0.675. The van der Waals surface area contributed by atoms with Crippen LogP contribution in [0.5, 0.6) is 0 Å². The van der Waals surface area contributed by atoms with E-state index in [0.29, 0.717) is 5.78 Å². The van der Waals surface area contributed by atoms with Gasteiger partial charge in [-0.3, -0.25) is 4.79 Å². The van der Waals surface area contributed by atoms with Gasteiger partial charge in [-0.1, -0.05) is 19.8 Å². The van der Waals surface area contributed by atoms with Gasteiger partial charge in [-0.15, -0.1) is 0 Å². The molecule has 14 heavy (non-hydrogen) atoms. The Morgan fingerprint density at radius 1 is 1.36 bits per heavy atom. The highest BCUT2D eigenvalue weighted by atomic mass is 16.5. The van der Waals surface area contributed by atoms with E-state index in [-0.39, 0.29) is 5.41 Å². The fourth-order valence-electron chi connectivity index (χ4n) is 2.50. The van der Waals surface area contributed by atoms with Crippen LogP contribution in [0.25, 0.3) is 0 Å². The maximum atomic E-state index is 12.2. The van der Waals surface area contributed by atoms with Gasteiger partial charge in [0, 0.05) is 11.0 Å². The number of ether oxygens (including phenoxy) is 1. The van der Waals surface area contributed by atoms with E-state index in [0.717, 1.165) is 37.9 Å². The summed E-state index contributed by atoms with van der Waals surface area (Å²) >= 11 is 0. The maximum absolute atomic E-state index is 12.2. The van der Waals surface area contributed by atoms with E-state index in [2.05, 4.69) is 6.92 Å². The van der Waals surface area contributed by atoms with Crippen LogP contribution < -0.4 is 0 Å². The van der Waals surface area contributed by atoms with Gasteiger partial charge in [-0.05, 0) is 25.7 Å². The number of ketones is 1. The molecule has 78 valence electrons. The Bertz CT molecular complexity index is 259. The highest BCUT2D eigenvalue weighted by Crippen LogP contribution is 2.41. The molecule has 2 nitrogen and oxygen atoms in total. The number of hydrogen-bond donors (Lipinski definition) is 0. The minimum absolute atomic E-state index is 0.0769. The van der Waals surface area contributed by atoms with Crippen LogP contribution >= 0.6 is 0 Å². The minimum Gasteiger partial charge on any atom is -0.501 e. The number of carbonyl (C=O) groups excluding carboxylic acids is 1. The summed E-state index contributed by atoms with van der Waals surface area (Å²) in [5.41, 5.74) is 0.840. The van der Waals surface area contributed by atoms with Crippen molar-refractivity contribution in [3.63, 3.8) is 0 Å². The van der Waals surface area contributed by atoms with Crippen molar-refractivity contribution in [1.29, 1.82) is 0 Å². The van der Waals surface area contributed by atoms with Crippen LogP contribution in [0.4, 0.5) is 0 Å². The molecule has 0 N–H and O–H groups in total. The van der Waals surface area contributed by atoms with E-state index in [1.807, 2.05) is 0 Å². The lowest BCUT2D eigenvalue weighted by molar-refractivity contribution is -0.124. The molecule has 1 heterocycles. The molecule has 0 spiro atoms. The first-order valence-corrected chi connectivity index (χ1v) is 5.58. The average molecular weight is 194 g/mol. The van der Waals surface area contributed by atoms with Crippen LogP contribution in [0.15, 0.2) is 11.8 Å². The molecule has 1 fully saturated rings. The van der Waals surface area contributed by atoms with E-state index >= 15 is 0 Å². The first-order valence-electron chi connectivity index (χ1n) is 5.58. The minimum atomic E-state index is -0.0769. The Balaban J connectivity index is 2.10. The molecule has 0 radical (unpaired) electrons. The van der Waals surface area contributed by atoms with Crippen molar-refractivity contribution in [2.24, 2.45) is 5.41 Å². The zero-order valence-electron chi connectivity index (χ0n) is 8.84. The predicted molar refractivity (Wildman–Crippen MR) is 54.9 cm³/mol. The average Bonchev–Trinajstić information content (AvgIpc) is 2.67. The molecule has 0 aromatic carbocycles. The van der Waals surface area contributed by atoms with E-state index in [1.54, 1.807) is 6.26 Å². The predicted octanol–water partition coefficient (Wildman–Crippen LogP) is 2.83. The Hall–Kier alpha value is -0.790. The fraction of sp³-hybridized carbons (Fsp3) is 0.750. The molecule has 0 amide bonds. The third-order valence-electron chi connectivity index (χ3n) is 3.48. The Labute approximate surface area is 85.3 Å². The number of hydrogen-bond acceptors (Lipinski definition) is 2. The van der Waals surface area contributed by atoms with Crippen LogP contribution in [0.3, 0.4) is 0 Å². The monoisotopic (exact) mass is 194 g/mol. The molecule has 0 aromatic heterocycles. The molecule has 1 aliphatic carbocycles. The van der Waals surface area contributed by atoms with Crippen LogP contribution in [0, 0.1) is 5.41 Å².